The van der Waals surface area contributed by atoms with Crippen molar-refractivity contribution in [3.63, 3.8) is 0 Å². The highest BCUT2D eigenvalue weighted by Crippen LogP contribution is 2.28. The first-order valence-electron chi connectivity index (χ1n) is 10.2. The van der Waals surface area contributed by atoms with Gasteiger partial charge < -0.3 is 30.6 Å². The summed E-state index contributed by atoms with van der Waals surface area (Å²) in [6, 6.07) is 17.5. The Morgan fingerprint density at radius 1 is 0.625 bits per heavy atom. The Labute approximate surface area is 188 Å². The molecule has 0 bridgehead atoms. The predicted molar refractivity (Wildman–Crippen MR) is 126 cm³/mol. The van der Waals surface area contributed by atoms with Crippen LogP contribution in [0.1, 0.15) is 24.0 Å². The standard InChI is InChI=1S/C26H30O6/c1-3-11-19(17-13-7-5-8-14-17)21(27)23(29)25(31)26(32)24(30)22(28)20(12-4-2)18-15-9-6-10-16-18/h3-10,13-16,23-32H,1-2,11-12H2/t23-,24+,25-,26-/m1/s1. The van der Waals surface area contributed by atoms with E-state index in [1.807, 2.05) is 0 Å². The molecular weight excluding hydrogens is 408 g/mol. The van der Waals surface area contributed by atoms with Crippen LogP contribution in [0.2, 0.25) is 0 Å². The Bertz CT molecular complexity index is 869. The van der Waals surface area contributed by atoms with Crippen LogP contribution in [0, 0.1) is 0 Å². The molecule has 2 aromatic carbocycles. The Morgan fingerprint density at radius 3 is 1.22 bits per heavy atom. The van der Waals surface area contributed by atoms with E-state index in [4.69, 9.17) is 0 Å². The van der Waals surface area contributed by atoms with Gasteiger partial charge in [-0.3, -0.25) is 0 Å². The number of aliphatic hydroxyl groups is 6. The third kappa shape index (κ3) is 5.96. The summed E-state index contributed by atoms with van der Waals surface area (Å²) in [5.41, 5.74) is 1.83. The first-order chi connectivity index (χ1) is 15.3. The van der Waals surface area contributed by atoms with E-state index in [0.717, 1.165) is 0 Å². The average Bonchev–Trinajstić information content (AvgIpc) is 2.84. The van der Waals surface area contributed by atoms with Crippen molar-refractivity contribution in [3.8, 4) is 0 Å². The highest BCUT2D eigenvalue weighted by Gasteiger charge is 2.36. The summed E-state index contributed by atoms with van der Waals surface area (Å²) in [5.74, 6) is -1.12. The molecule has 0 amide bonds. The molecule has 0 saturated carbocycles. The molecule has 0 fully saturated rings. The molecule has 0 saturated heterocycles. The first-order valence-corrected chi connectivity index (χ1v) is 10.2. The number of rotatable bonds is 11. The van der Waals surface area contributed by atoms with E-state index >= 15 is 0 Å². The third-order valence-corrected chi connectivity index (χ3v) is 5.12. The van der Waals surface area contributed by atoms with Crippen LogP contribution < -0.4 is 0 Å². The second kappa shape index (κ2) is 12.0. The Hall–Kier alpha value is -3.16. The average molecular weight is 439 g/mol. The van der Waals surface area contributed by atoms with Gasteiger partial charge in [-0.2, -0.15) is 0 Å². The van der Waals surface area contributed by atoms with Crippen molar-refractivity contribution < 1.29 is 30.6 Å². The van der Waals surface area contributed by atoms with Crippen molar-refractivity contribution in [2.24, 2.45) is 0 Å². The zero-order valence-electron chi connectivity index (χ0n) is 17.7. The molecule has 2 rings (SSSR count). The molecule has 2 aromatic rings. The smallest absolute Gasteiger partial charge is 0.139 e. The highest BCUT2D eigenvalue weighted by atomic mass is 16.4. The van der Waals surface area contributed by atoms with Crippen LogP contribution in [0.15, 0.2) is 97.5 Å². The molecule has 0 radical (unpaired) electrons. The Balaban J connectivity index is 2.35. The lowest BCUT2D eigenvalue weighted by atomic mass is 9.92. The van der Waals surface area contributed by atoms with E-state index in [-0.39, 0.29) is 12.8 Å². The van der Waals surface area contributed by atoms with Crippen LogP contribution in [0.4, 0.5) is 0 Å². The minimum Gasteiger partial charge on any atom is -0.509 e. The molecule has 6 N–H and O–H groups in total. The number of hydrogen-bond donors (Lipinski definition) is 6. The summed E-state index contributed by atoms with van der Waals surface area (Å²) in [6.07, 6.45) is -4.36. The van der Waals surface area contributed by atoms with Gasteiger partial charge >= 0.3 is 0 Å². The molecule has 170 valence electrons. The monoisotopic (exact) mass is 438 g/mol. The van der Waals surface area contributed by atoms with Crippen molar-refractivity contribution in [1.82, 2.24) is 0 Å². The van der Waals surface area contributed by atoms with Gasteiger partial charge in [-0.1, -0.05) is 72.8 Å². The SMILES string of the molecule is C=CCC(=C(O)[C@@H](O)[C@@H](O)[C@H](O)[C@@H](O)C(O)=C(CC=C)c1ccccc1)c1ccccc1. The molecule has 0 aromatic heterocycles. The van der Waals surface area contributed by atoms with Gasteiger partial charge in [0.2, 0.25) is 0 Å². The lowest BCUT2D eigenvalue weighted by molar-refractivity contribution is -0.1000. The number of hydrogen-bond acceptors (Lipinski definition) is 6. The quantitative estimate of drug-likeness (QED) is 0.236. The van der Waals surface area contributed by atoms with Gasteiger partial charge in [0.05, 0.1) is 0 Å². The highest BCUT2D eigenvalue weighted by molar-refractivity contribution is 5.70. The second-order valence-electron chi connectivity index (χ2n) is 7.32. The summed E-state index contributed by atoms with van der Waals surface area (Å²) >= 11 is 0. The van der Waals surface area contributed by atoms with Crippen molar-refractivity contribution >= 4 is 11.1 Å². The molecule has 0 heterocycles. The normalized spacial score (nSPS) is 16.8. The molecule has 6 heteroatoms. The van der Waals surface area contributed by atoms with Gasteiger partial charge in [0.1, 0.15) is 35.9 Å². The zero-order chi connectivity index (χ0) is 23.7. The Kier molecular flexibility index (Phi) is 9.43. The summed E-state index contributed by atoms with van der Waals surface area (Å²) in [5, 5.41) is 63.3. The van der Waals surface area contributed by atoms with Crippen molar-refractivity contribution in [1.29, 1.82) is 0 Å². The third-order valence-electron chi connectivity index (χ3n) is 5.12. The van der Waals surface area contributed by atoms with Gasteiger partial charge in [0.15, 0.2) is 0 Å². The summed E-state index contributed by atoms with van der Waals surface area (Å²) in [6.45, 7) is 7.28. The van der Waals surface area contributed by atoms with Crippen LogP contribution in [0.5, 0.6) is 0 Å². The lowest BCUT2D eigenvalue weighted by Crippen LogP contribution is -2.46. The van der Waals surface area contributed by atoms with Crippen molar-refractivity contribution in [2.75, 3.05) is 0 Å². The van der Waals surface area contributed by atoms with Crippen molar-refractivity contribution in [3.05, 3.63) is 109 Å². The van der Waals surface area contributed by atoms with E-state index in [9.17, 15) is 30.6 Å². The zero-order valence-corrected chi connectivity index (χ0v) is 17.7. The molecular formula is C26H30O6. The fraction of sp³-hybridized carbons (Fsp3) is 0.231. The van der Waals surface area contributed by atoms with E-state index in [1.165, 1.54) is 12.2 Å². The number of aliphatic hydroxyl groups excluding tert-OH is 6. The molecule has 0 aliphatic carbocycles. The maximum atomic E-state index is 10.6. The van der Waals surface area contributed by atoms with Gasteiger partial charge in [0.25, 0.3) is 0 Å². The van der Waals surface area contributed by atoms with Gasteiger partial charge in [0, 0.05) is 11.1 Å². The molecule has 0 aliphatic heterocycles. The lowest BCUT2D eigenvalue weighted by Gasteiger charge is -2.28. The number of allylic oxidation sites excluding steroid dienone is 4. The maximum Gasteiger partial charge on any atom is 0.139 e. The van der Waals surface area contributed by atoms with E-state index < -0.39 is 35.9 Å². The fourth-order valence-corrected chi connectivity index (χ4v) is 3.36. The Morgan fingerprint density at radius 2 is 0.938 bits per heavy atom. The van der Waals surface area contributed by atoms with E-state index in [2.05, 4.69) is 13.2 Å². The van der Waals surface area contributed by atoms with Crippen LogP contribution in [-0.4, -0.2) is 55.1 Å². The molecule has 0 unspecified atom stereocenters. The predicted octanol–water partition coefficient (Wildman–Crippen LogP) is 3.52. The van der Waals surface area contributed by atoms with E-state index in [0.29, 0.717) is 22.3 Å². The van der Waals surface area contributed by atoms with Crippen molar-refractivity contribution in [2.45, 2.75) is 37.3 Å². The van der Waals surface area contributed by atoms with E-state index in [1.54, 1.807) is 60.7 Å². The molecule has 4 atom stereocenters. The largest absolute Gasteiger partial charge is 0.509 e. The summed E-state index contributed by atoms with van der Waals surface area (Å²) in [4.78, 5) is 0. The second-order valence-corrected chi connectivity index (χ2v) is 7.32. The topological polar surface area (TPSA) is 121 Å². The minimum absolute atomic E-state index is 0.195. The minimum atomic E-state index is -1.99. The number of benzene rings is 2. The summed E-state index contributed by atoms with van der Waals surface area (Å²) < 4.78 is 0. The van der Waals surface area contributed by atoms with Gasteiger partial charge in [-0.05, 0) is 24.0 Å². The molecule has 6 nitrogen and oxygen atoms in total. The van der Waals surface area contributed by atoms with Crippen LogP contribution >= 0.6 is 0 Å². The van der Waals surface area contributed by atoms with Gasteiger partial charge in [-0.25, -0.2) is 0 Å². The molecule has 32 heavy (non-hydrogen) atoms. The van der Waals surface area contributed by atoms with Crippen LogP contribution in [0.3, 0.4) is 0 Å². The molecule has 0 aliphatic rings. The van der Waals surface area contributed by atoms with Gasteiger partial charge in [-0.15, -0.1) is 13.2 Å². The summed E-state index contributed by atoms with van der Waals surface area (Å²) in [7, 11) is 0. The first kappa shape index (κ1) is 25.1. The molecule has 0 spiro atoms. The van der Waals surface area contributed by atoms with Crippen LogP contribution in [0.25, 0.3) is 11.1 Å². The fourth-order valence-electron chi connectivity index (χ4n) is 3.36. The van der Waals surface area contributed by atoms with Crippen LogP contribution in [-0.2, 0) is 0 Å². The maximum absolute atomic E-state index is 10.6.